The van der Waals surface area contributed by atoms with Gasteiger partial charge in [-0.1, -0.05) is 6.07 Å². The SMILES string of the molecule is CCOC(=O)C1=C(C)OC(N)=C(C#N)C1c1ccc2c(c1)OCCCO2. The lowest BCUT2D eigenvalue weighted by atomic mass is 9.83. The second-order valence-corrected chi connectivity index (χ2v) is 5.87. The Balaban J connectivity index is 2.11. The van der Waals surface area contributed by atoms with E-state index in [2.05, 4.69) is 6.07 Å². The molecule has 1 aromatic carbocycles. The molecule has 2 aliphatic heterocycles. The Morgan fingerprint density at radius 2 is 2.08 bits per heavy atom. The van der Waals surface area contributed by atoms with Crippen LogP contribution in [0.3, 0.4) is 0 Å². The number of hydrogen-bond donors (Lipinski definition) is 1. The fraction of sp³-hybridized carbons (Fsp3) is 0.368. The van der Waals surface area contributed by atoms with Gasteiger partial charge in [0, 0.05) is 6.42 Å². The summed E-state index contributed by atoms with van der Waals surface area (Å²) in [5.41, 5.74) is 7.00. The monoisotopic (exact) mass is 356 g/mol. The predicted octanol–water partition coefficient (Wildman–Crippen LogP) is 2.49. The molecule has 2 heterocycles. The summed E-state index contributed by atoms with van der Waals surface area (Å²) in [4.78, 5) is 12.5. The van der Waals surface area contributed by atoms with Crippen LogP contribution in [0.15, 0.2) is 41.0 Å². The lowest BCUT2D eigenvalue weighted by Crippen LogP contribution is -2.25. The van der Waals surface area contributed by atoms with Crippen LogP contribution < -0.4 is 15.2 Å². The van der Waals surface area contributed by atoms with Gasteiger partial charge in [-0.15, -0.1) is 0 Å². The van der Waals surface area contributed by atoms with Gasteiger partial charge in [-0.2, -0.15) is 5.26 Å². The fourth-order valence-corrected chi connectivity index (χ4v) is 3.05. The van der Waals surface area contributed by atoms with Crippen molar-refractivity contribution < 1.29 is 23.7 Å². The number of nitrogens with two attached hydrogens (primary N) is 1. The predicted molar refractivity (Wildman–Crippen MR) is 92.0 cm³/mol. The third kappa shape index (κ3) is 3.18. The van der Waals surface area contributed by atoms with Gasteiger partial charge in [0.25, 0.3) is 0 Å². The Labute approximate surface area is 151 Å². The Morgan fingerprint density at radius 3 is 2.77 bits per heavy atom. The van der Waals surface area contributed by atoms with E-state index < -0.39 is 11.9 Å². The van der Waals surface area contributed by atoms with Gasteiger partial charge in [-0.05, 0) is 31.5 Å². The van der Waals surface area contributed by atoms with Crippen LogP contribution in [0, 0.1) is 11.3 Å². The van der Waals surface area contributed by atoms with Gasteiger partial charge in [0.15, 0.2) is 11.5 Å². The topological polar surface area (TPSA) is 104 Å². The number of hydrogen-bond acceptors (Lipinski definition) is 7. The van der Waals surface area contributed by atoms with Crippen LogP contribution in [0.4, 0.5) is 0 Å². The quantitative estimate of drug-likeness (QED) is 0.830. The van der Waals surface area contributed by atoms with E-state index in [0.717, 1.165) is 6.42 Å². The number of fused-ring (bicyclic) bond motifs is 1. The largest absolute Gasteiger partial charge is 0.490 e. The summed E-state index contributed by atoms with van der Waals surface area (Å²) in [7, 11) is 0. The average Bonchev–Trinajstić information content (AvgIpc) is 2.85. The van der Waals surface area contributed by atoms with Crippen LogP contribution in [0.25, 0.3) is 0 Å². The van der Waals surface area contributed by atoms with Crippen molar-refractivity contribution in [2.45, 2.75) is 26.2 Å². The standard InChI is InChI=1S/C19H20N2O5/c1-3-23-19(22)16-11(2)26-18(21)13(10-20)17(16)12-5-6-14-15(9-12)25-8-4-7-24-14/h5-6,9,17H,3-4,7-8,21H2,1-2H3. The lowest BCUT2D eigenvalue weighted by molar-refractivity contribution is -0.139. The summed E-state index contributed by atoms with van der Waals surface area (Å²) in [5.74, 6) is 0.273. The molecule has 7 heteroatoms. The third-order valence-electron chi connectivity index (χ3n) is 4.21. The highest BCUT2D eigenvalue weighted by atomic mass is 16.5. The van der Waals surface area contributed by atoms with Crippen molar-refractivity contribution in [3.8, 4) is 17.6 Å². The van der Waals surface area contributed by atoms with Gasteiger partial charge >= 0.3 is 5.97 Å². The molecule has 26 heavy (non-hydrogen) atoms. The molecule has 0 saturated carbocycles. The van der Waals surface area contributed by atoms with Crippen LogP contribution in [-0.2, 0) is 14.3 Å². The Hall–Kier alpha value is -3.14. The van der Waals surface area contributed by atoms with Crippen molar-refractivity contribution in [1.29, 1.82) is 5.26 Å². The van der Waals surface area contributed by atoms with Crippen molar-refractivity contribution in [2.75, 3.05) is 19.8 Å². The highest BCUT2D eigenvalue weighted by molar-refractivity contribution is 5.92. The third-order valence-corrected chi connectivity index (χ3v) is 4.21. The summed E-state index contributed by atoms with van der Waals surface area (Å²) in [5, 5.41) is 9.59. The highest BCUT2D eigenvalue weighted by Crippen LogP contribution is 2.42. The molecule has 2 N–H and O–H groups in total. The molecule has 0 radical (unpaired) electrons. The van der Waals surface area contributed by atoms with Crippen molar-refractivity contribution in [3.63, 3.8) is 0 Å². The number of carbonyl (C=O) groups is 1. The van der Waals surface area contributed by atoms with Gasteiger partial charge in [0.1, 0.15) is 17.4 Å². The molecule has 3 rings (SSSR count). The molecule has 0 fully saturated rings. The first-order valence-electron chi connectivity index (χ1n) is 8.41. The van der Waals surface area contributed by atoms with E-state index in [-0.39, 0.29) is 23.6 Å². The van der Waals surface area contributed by atoms with Crippen LogP contribution >= 0.6 is 0 Å². The van der Waals surface area contributed by atoms with Gasteiger partial charge in [0.2, 0.25) is 5.88 Å². The number of nitriles is 1. The van der Waals surface area contributed by atoms with Crippen LogP contribution in [0.5, 0.6) is 11.5 Å². The van der Waals surface area contributed by atoms with E-state index in [1.165, 1.54) is 0 Å². The zero-order chi connectivity index (χ0) is 18.7. The van der Waals surface area contributed by atoms with E-state index in [4.69, 9.17) is 24.7 Å². The van der Waals surface area contributed by atoms with Crippen molar-refractivity contribution in [1.82, 2.24) is 0 Å². The van der Waals surface area contributed by atoms with E-state index in [1.807, 2.05) is 0 Å². The minimum Gasteiger partial charge on any atom is -0.490 e. The second kappa shape index (κ2) is 7.40. The number of esters is 1. The molecule has 0 spiro atoms. The summed E-state index contributed by atoms with van der Waals surface area (Å²) in [6.07, 6.45) is 0.782. The van der Waals surface area contributed by atoms with Crippen molar-refractivity contribution >= 4 is 5.97 Å². The summed E-state index contributed by atoms with van der Waals surface area (Å²) in [6.45, 7) is 4.67. The number of rotatable bonds is 3. The molecule has 0 bridgehead atoms. The first-order valence-corrected chi connectivity index (χ1v) is 8.41. The van der Waals surface area contributed by atoms with Gasteiger partial charge < -0.3 is 24.7 Å². The van der Waals surface area contributed by atoms with Gasteiger partial charge in [-0.25, -0.2) is 4.79 Å². The maximum Gasteiger partial charge on any atom is 0.338 e. The smallest absolute Gasteiger partial charge is 0.338 e. The molecule has 0 saturated heterocycles. The second-order valence-electron chi connectivity index (χ2n) is 5.87. The molecular formula is C19H20N2O5. The summed E-state index contributed by atoms with van der Waals surface area (Å²) >= 11 is 0. The van der Waals surface area contributed by atoms with Gasteiger partial charge in [-0.3, -0.25) is 0 Å². The number of carbonyl (C=O) groups excluding carboxylic acids is 1. The number of ether oxygens (including phenoxy) is 4. The van der Waals surface area contributed by atoms with Crippen molar-refractivity contribution in [3.05, 3.63) is 46.6 Å². The lowest BCUT2D eigenvalue weighted by Gasteiger charge is -2.27. The first kappa shape index (κ1) is 17.7. The maximum absolute atomic E-state index is 12.5. The minimum absolute atomic E-state index is 0.0184. The normalized spacial score (nSPS) is 19.3. The maximum atomic E-state index is 12.5. The Morgan fingerprint density at radius 1 is 1.35 bits per heavy atom. The van der Waals surface area contributed by atoms with Crippen LogP contribution in [0.1, 0.15) is 31.7 Å². The molecule has 0 amide bonds. The molecule has 1 unspecified atom stereocenters. The van der Waals surface area contributed by atoms with E-state index in [1.54, 1.807) is 32.0 Å². The van der Waals surface area contributed by atoms with Crippen molar-refractivity contribution in [2.24, 2.45) is 5.73 Å². The molecule has 136 valence electrons. The van der Waals surface area contributed by atoms with Gasteiger partial charge in [0.05, 0.1) is 31.3 Å². The zero-order valence-electron chi connectivity index (χ0n) is 14.7. The molecule has 7 nitrogen and oxygen atoms in total. The summed E-state index contributed by atoms with van der Waals surface area (Å²) < 4.78 is 21.9. The molecule has 2 aliphatic rings. The van der Waals surface area contributed by atoms with Crippen LogP contribution in [-0.4, -0.2) is 25.8 Å². The molecule has 1 aromatic rings. The Bertz CT molecular complexity index is 835. The molecular weight excluding hydrogens is 336 g/mol. The average molecular weight is 356 g/mol. The molecule has 0 aromatic heterocycles. The molecule has 1 atom stereocenters. The first-order chi connectivity index (χ1) is 12.6. The number of nitrogens with zero attached hydrogens (tertiary/aromatic N) is 1. The van der Waals surface area contributed by atoms with E-state index in [0.29, 0.717) is 36.0 Å². The number of benzene rings is 1. The summed E-state index contributed by atoms with van der Waals surface area (Å²) in [6, 6.07) is 7.39. The fourth-order valence-electron chi connectivity index (χ4n) is 3.05. The minimum atomic E-state index is -0.690. The van der Waals surface area contributed by atoms with E-state index >= 15 is 0 Å². The Kier molecular flexibility index (Phi) is 5.03. The molecule has 0 aliphatic carbocycles. The zero-order valence-corrected chi connectivity index (χ0v) is 14.7. The van der Waals surface area contributed by atoms with E-state index in [9.17, 15) is 10.1 Å². The highest BCUT2D eigenvalue weighted by Gasteiger charge is 2.36. The van der Waals surface area contributed by atoms with Crippen LogP contribution in [0.2, 0.25) is 0 Å². The number of allylic oxidation sites excluding steroid dienone is 2.